The van der Waals surface area contributed by atoms with Gasteiger partial charge in [0, 0.05) is 38.8 Å². The summed E-state index contributed by atoms with van der Waals surface area (Å²) in [7, 11) is 1.69. The first-order chi connectivity index (χ1) is 13.7. The molecule has 1 aliphatic heterocycles. The second kappa shape index (κ2) is 11.6. The summed E-state index contributed by atoms with van der Waals surface area (Å²) in [5.41, 5.74) is 2.29. The molecule has 1 amide bonds. The summed E-state index contributed by atoms with van der Waals surface area (Å²) in [5.74, 6) is 0.974. The fourth-order valence-electron chi connectivity index (χ4n) is 2.99. The van der Waals surface area contributed by atoms with Crippen molar-refractivity contribution in [1.29, 1.82) is 0 Å². The molecule has 1 N–H and O–H groups in total. The Morgan fingerprint density at radius 1 is 1.07 bits per heavy atom. The lowest BCUT2D eigenvalue weighted by molar-refractivity contribution is -0.127. The number of carbonyl (C=O) groups excluding carboxylic acids is 1. The Hall–Kier alpha value is -3.12. The summed E-state index contributed by atoms with van der Waals surface area (Å²) in [4.78, 5) is 25.0. The van der Waals surface area contributed by atoms with Gasteiger partial charge in [0.25, 0.3) is 6.47 Å². The van der Waals surface area contributed by atoms with E-state index in [1.165, 1.54) is 5.56 Å². The topological polar surface area (TPSA) is 70.1 Å². The maximum Gasteiger partial charge on any atom is 0.290 e. The van der Waals surface area contributed by atoms with E-state index in [1.807, 2.05) is 53.4 Å². The second-order valence-electron chi connectivity index (χ2n) is 6.30. The van der Waals surface area contributed by atoms with Gasteiger partial charge in [0.1, 0.15) is 5.75 Å². The Morgan fingerprint density at radius 2 is 1.75 bits per heavy atom. The standard InChI is InChI=1S/C21H24N2O2.CH2O2/c1-25-20-9-5-8-19(16-20)17-22-12-14-23(15-13-22)21(24)11-10-18-6-3-2-4-7-18;2-1-3/h2-11,16H,12-15,17H2,1H3;1H,(H,2,3)/b11-10+;. The highest BCUT2D eigenvalue weighted by molar-refractivity contribution is 5.91. The number of carbonyl (C=O) groups is 2. The molecule has 3 rings (SSSR count). The van der Waals surface area contributed by atoms with Gasteiger partial charge < -0.3 is 14.7 Å². The SMILES string of the molecule is COc1cccc(CN2CCN(C(=O)/C=C/c3ccccc3)CC2)c1.O=CO. The number of carboxylic acid groups (broad SMARTS) is 1. The van der Waals surface area contributed by atoms with E-state index in [0.717, 1.165) is 44.0 Å². The third kappa shape index (κ3) is 6.89. The first kappa shape index (κ1) is 21.2. The molecule has 2 aromatic carbocycles. The van der Waals surface area contributed by atoms with Crippen LogP contribution in [0, 0.1) is 0 Å². The second-order valence-corrected chi connectivity index (χ2v) is 6.30. The van der Waals surface area contributed by atoms with E-state index in [9.17, 15) is 4.79 Å². The van der Waals surface area contributed by atoms with Crippen LogP contribution < -0.4 is 4.74 Å². The number of benzene rings is 2. The van der Waals surface area contributed by atoms with Crippen molar-refractivity contribution in [2.24, 2.45) is 0 Å². The fourth-order valence-corrected chi connectivity index (χ4v) is 2.99. The van der Waals surface area contributed by atoms with Crippen LogP contribution in [0.2, 0.25) is 0 Å². The molecule has 0 unspecified atom stereocenters. The normalized spacial score (nSPS) is 14.2. The number of nitrogens with zero attached hydrogens (tertiary/aromatic N) is 2. The number of amides is 1. The van der Waals surface area contributed by atoms with Crippen molar-refractivity contribution < 1.29 is 19.4 Å². The monoisotopic (exact) mass is 382 g/mol. The van der Waals surface area contributed by atoms with Crippen LogP contribution in [-0.4, -0.2) is 60.6 Å². The largest absolute Gasteiger partial charge is 0.497 e. The molecular formula is C22H26N2O4. The van der Waals surface area contributed by atoms with Gasteiger partial charge in [-0.05, 0) is 29.3 Å². The average molecular weight is 382 g/mol. The van der Waals surface area contributed by atoms with Crippen LogP contribution in [0.4, 0.5) is 0 Å². The predicted molar refractivity (Wildman–Crippen MR) is 109 cm³/mol. The maximum absolute atomic E-state index is 12.3. The highest BCUT2D eigenvalue weighted by Gasteiger charge is 2.19. The highest BCUT2D eigenvalue weighted by Crippen LogP contribution is 2.15. The Morgan fingerprint density at radius 3 is 2.39 bits per heavy atom. The number of ether oxygens (including phenoxy) is 1. The van der Waals surface area contributed by atoms with Gasteiger partial charge in [-0.2, -0.15) is 0 Å². The van der Waals surface area contributed by atoms with E-state index in [4.69, 9.17) is 14.6 Å². The van der Waals surface area contributed by atoms with Crippen LogP contribution >= 0.6 is 0 Å². The summed E-state index contributed by atoms with van der Waals surface area (Å²) in [6.07, 6.45) is 3.55. The molecule has 1 fully saturated rings. The van der Waals surface area contributed by atoms with E-state index in [2.05, 4.69) is 17.0 Å². The highest BCUT2D eigenvalue weighted by atomic mass is 16.5. The fraction of sp³-hybridized carbons (Fsp3) is 0.273. The Balaban J connectivity index is 0.000000878. The van der Waals surface area contributed by atoms with Crippen LogP contribution in [0.15, 0.2) is 60.7 Å². The van der Waals surface area contributed by atoms with Gasteiger partial charge in [-0.3, -0.25) is 14.5 Å². The van der Waals surface area contributed by atoms with Gasteiger partial charge in [0.2, 0.25) is 5.91 Å². The number of rotatable bonds is 5. The van der Waals surface area contributed by atoms with E-state index in [-0.39, 0.29) is 12.4 Å². The first-order valence-electron chi connectivity index (χ1n) is 9.11. The zero-order valence-electron chi connectivity index (χ0n) is 16.0. The molecule has 0 spiro atoms. The van der Waals surface area contributed by atoms with Gasteiger partial charge in [-0.25, -0.2) is 0 Å². The molecule has 6 nitrogen and oxygen atoms in total. The van der Waals surface area contributed by atoms with Crippen molar-refractivity contribution in [3.05, 3.63) is 71.8 Å². The predicted octanol–water partition coefficient (Wildman–Crippen LogP) is 2.75. The molecule has 0 radical (unpaired) electrons. The lowest BCUT2D eigenvalue weighted by atomic mass is 10.2. The van der Waals surface area contributed by atoms with Gasteiger partial charge in [-0.15, -0.1) is 0 Å². The molecule has 0 atom stereocenters. The van der Waals surface area contributed by atoms with Crippen molar-refractivity contribution in [2.45, 2.75) is 6.54 Å². The smallest absolute Gasteiger partial charge is 0.290 e. The minimum Gasteiger partial charge on any atom is -0.497 e. The van der Waals surface area contributed by atoms with Crippen molar-refractivity contribution >= 4 is 18.5 Å². The molecule has 148 valence electrons. The van der Waals surface area contributed by atoms with Crippen LogP contribution in [0.5, 0.6) is 5.75 Å². The summed E-state index contributed by atoms with van der Waals surface area (Å²) in [6.45, 7) is 3.95. The molecule has 28 heavy (non-hydrogen) atoms. The molecule has 0 aromatic heterocycles. The van der Waals surface area contributed by atoms with Gasteiger partial charge in [-0.1, -0.05) is 42.5 Å². The van der Waals surface area contributed by atoms with Crippen molar-refractivity contribution in [3.8, 4) is 5.75 Å². The molecule has 0 aliphatic carbocycles. The lowest BCUT2D eigenvalue weighted by Crippen LogP contribution is -2.47. The van der Waals surface area contributed by atoms with Crippen LogP contribution in [-0.2, 0) is 16.1 Å². The van der Waals surface area contributed by atoms with Crippen molar-refractivity contribution in [2.75, 3.05) is 33.3 Å². The molecule has 1 aliphatic rings. The Labute approximate surface area is 165 Å². The molecule has 2 aromatic rings. The zero-order valence-corrected chi connectivity index (χ0v) is 16.0. The number of methoxy groups -OCH3 is 1. The van der Waals surface area contributed by atoms with Crippen LogP contribution in [0.3, 0.4) is 0 Å². The Kier molecular flexibility index (Phi) is 8.75. The molecule has 1 heterocycles. The summed E-state index contributed by atoms with van der Waals surface area (Å²) >= 11 is 0. The summed E-state index contributed by atoms with van der Waals surface area (Å²) in [5, 5.41) is 6.89. The molecule has 0 bridgehead atoms. The van der Waals surface area contributed by atoms with Gasteiger partial charge in [0.05, 0.1) is 7.11 Å². The van der Waals surface area contributed by atoms with E-state index in [0.29, 0.717) is 0 Å². The number of piperazine rings is 1. The maximum atomic E-state index is 12.3. The van der Waals surface area contributed by atoms with Gasteiger partial charge in [0.15, 0.2) is 0 Å². The minimum absolute atomic E-state index is 0.0879. The third-order valence-electron chi connectivity index (χ3n) is 4.44. The third-order valence-corrected chi connectivity index (χ3v) is 4.44. The van der Waals surface area contributed by atoms with E-state index in [1.54, 1.807) is 13.2 Å². The van der Waals surface area contributed by atoms with Crippen LogP contribution in [0.1, 0.15) is 11.1 Å². The van der Waals surface area contributed by atoms with E-state index < -0.39 is 0 Å². The van der Waals surface area contributed by atoms with Crippen molar-refractivity contribution in [1.82, 2.24) is 9.80 Å². The van der Waals surface area contributed by atoms with Crippen molar-refractivity contribution in [3.63, 3.8) is 0 Å². The minimum atomic E-state index is -0.250. The average Bonchev–Trinajstić information content (AvgIpc) is 2.74. The van der Waals surface area contributed by atoms with Crippen LogP contribution in [0.25, 0.3) is 6.08 Å². The summed E-state index contributed by atoms with van der Waals surface area (Å²) < 4.78 is 5.28. The van der Waals surface area contributed by atoms with Gasteiger partial charge >= 0.3 is 0 Å². The van der Waals surface area contributed by atoms with E-state index >= 15 is 0 Å². The lowest BCUT2D eigenvalue weighted by Gasteiger charge is -2.34. The zero-order chi connectivity index (χ0) is 20.2. The number of hydrogen-bond donors (Lipinski definition) is 1. The molecule has 6 heteroatoms. The Bertz CT molecular complexity index is 769. The molecule has 0 saturated carbocycles. The quantitative estimate of drug-likeness (QED) is 0.636. The summed E-state index contributed by atoms with van der Waals surface area (Å²) in [6, 6.07) is 18.1. The molecule has 1 saturated heterocycles. The number of hydrogen-bond acceptors (Lipinski definition) is 4. The first-order valence-corrected chi connectivity index (χ1v) is 9.11. The molecular weight excluding hydrogens is 356 g/mol.